The summed E-state index contributed by atoms with van der Waals surface area (Å²) in [5, 5.41) is 9.96. The molecule has 1 aromatic heterocycles. The molecule has 0 amide bonds. The summed E-state index contributed by atoms with van der Waals surface area (Å²) in [6.45, 7) is 1.08. The first kappa shape index (κ1) is 24.6. The SMILES string of the molecule is COc1cc(C(c2ccc(Br)s2)N2CCCCC2C(=O)O)cc(OC)c1OCc1ccccc1. The molecule has 8 heteroatoms. The van der Waals surface area contributed by atoms with Crippen molar-refractivity contribution >= 4 is 33.2 Å². The molecule has 0 aliphatic carbocycles. The van der Waals surface area contributed by atoms with Gasteiger partial charge in [-0.25, -0.2) is 0 Å². The Labute approximate surface area is 212 Å². The summed E-state index contributed by atoms with van der Waals surface area (Å²) in [6, 6.07) is 17.0. The maximum absolute atomic E-state index is 12.1. The lowest BCUT2D eigenvalue weighted by Crippen LogP contribution is -2.46. The first-order chi connectivity index (χ1) is 16.5. The van der Waals surface area contributed by atoms with Gasteiger partial charge in [-0.15, -0.1) is 11.3 Å². The number of carboxylic acids is 1. The first-order valence-corrected chi connectivity index (χ1v) is 12.8. The Kier molecular flexibility index (Phi) is 8.13. The largest absolute Gasteiger partial charge is 0.493 e. The number of rotatable bonds is 9. The molecule has 180 valence electrons. The van der Waals surface area contributed by atoms with Gasteiger partial charge in [0.2, 0.25) is 5.75 Å². The van der Waals surface area contributed by atoms with Crippen molar-refractivity contribution < 1.29 is 24.1 Å². The van der Waals surface area contributed by atoms with E-state index in [1.54, 1.807) is 25.6 Å². The fourth-order valence-corrected chi connectivity index (χ4v) is 6.03. The number of ether oxygens (including phenoxy) is 3. The van der Waals surface area contributed by atoms with Crippen molar-refractivity contribution in [1.82, 2.24) is 4.90 Å². The molecule has 0 spiro atoms. The quantitative estimate of drug-likeness (QED) is 0.348. The van der Waals surface area contributed by atoms with Crippen molar-refractivity contribution in [1.29, 1.82) is 0 Å². The minimum Gasteiger partial charge on any atom is -0.493 e. The number of aliphatic carboxylic acids is 1. The number of hydrogen-bond acceptors (Lipinski definition) is 6. The van der Waals surface area contributed by atoms with E-state index in [1.807, 2.05) is 54.6 Å². The van der Waals surface area contributed by atoms with Gasteiger partial charge in [0.05, 0.1) is 24.0 Å². The van der Waals surface area contributed by atoms with E-state index in [1.165, 1.54) is 0 Å². The van der Waals surface area contributed by atoms with Gasteiger partial charge in [0.15, 0.2) is 11.5 Å². The highest BCUT2D eigenvalue weighted by Gasteiger charge is 2.36. The summed E-state index contributed by atoms with van der Waals surface area (Å²) in [7, 11) is 3.21. The molecule has 0 bridgehead atoms. The van der Waals surface area contributed by atoms with Crippen LogP contribution in [0.15, 0.2) is 58.4 Å². The van der Waals surface area contributed by atoms with Crippen molar-refractivity contribution in [2.45, 2.75) is 38.0 Å². The highest BCUT2D eigenvalue weighted by molar-refractivity contribution is 9.11. The number of hydrogen-bond donors (Lipinski definition) is 1. The van der Waals surface area contributed by atoms with Crippen molar-refractivity contribution in [3.8, 4) is 17.2 Å². The van der Waals surface area contributed by atoms with Crippen LogP contribution in [0.1, 0.15) is 41.3 Å². The molecule has 0 saturated carbocycles. The molecule has 2 heterocycles. The second-order valence-corrected chi connectivity index (χ2v) is 10.7. The van der Waals surface area contributed by atoms with E-state index in [-0.39, 0.29) is 6.04 Å². The number of piperidine rings is 1. The molecule has 4 rings (SSSR count). The second-order valence-electron chi connectivity index (χ2n) is 8.16. The van der Waals surface area contributed by atoms with Gasteiger partial charge >= 0.3 is 5.97 Å². The fraction of sp³-hybridized carbons (Fsp3) is 0.346. The summed E-state index contributed by atoms with van der Waals surface area (Å²) < 4.78 is 18.6. The topological polar surface area (TPSA) is 68.2 Å². The summed E-state index contributed by atoms with van der Waals surface area (Å²) in [5.74, 6) is 0.837. The molecule has 1 N–H and O–H groups in total. The van der Waals surface area contributed by atoms with E-state index in [9.17, 15) is 9.90 Å². The number of carbonyl (C=O) groups is 1. The van der Waals surface area contributed by atoms with Crippen LogP contribution in [0.5, 0.6) is 17.2 Å². The number of halogens is 1. The summed E-state index contributed by atoms with van der Waals surface area (Å²) in [6.07, 6.45) is 2.50. The van der Waals surface area contributed by atoms with E-state index in [0.29, 0.717) is 36.8 Å². The normalized spacial score (nSPS) is 17.2. The van der Waals surface area contributed by atoms with E-state index in [0.717, 1.165) is 32.6 Å². The Morgan fingerprint density at radius 1 is 1.12 bits per heavy atom. The molecule has 1 aliphatic rings. The van der Waals surface area contributed by atoms with Gasteiger partial charge < -0.3 is 19.3 Å². The molecule has 1 fully saturated rings. The molecule has 1 aliphatic heterocycles. The number of nitrogens with zero attached hydrogens (tertiary/aromatic N) is 1. The lowest BCUT2D eigenvalue weighted by molar-refractivity contribution is -0.145. The molecule has 6 nitrogen and oxygen atoms in total. The predicted molar refractivity (Wildman–Crippen MR) is 136 cm³/mol. The average molecular weight is 546 g/mol. The summed E-state index contributed by atoms with van der Waals surface area (Å²) >= 11 is 5.17. The highest BCUT2D eigenvalue weighted by Crippen LogP contribution is 2.45. The van der Waals surface area contributed by atoms with Gasteiger partial charge in [-0.05, 0) is 70.7 Å². The van der Waals surface area contributed by atoms with Gasteiger partial charge in [0.1, 0.15) is 12.6 Å². The highest BCUT2D eigenvalue weighted by atomic mass is 79.9. The summed E-state index contributed by atoms with van der Waals surface area (Å²) in [4.78, 5) is 15.3. The lowest BCUT2D eigenvalue weighted by Gasteiger charge is -2.39. The van der Waals surface area contributed by atoms with Crippen molar-refractivity contribution in [3.63, 3.8) is 0 Å². The number of methoxy groups -OCH3 is 2. The number of carboxylic acid groups (broad SMARTS) is 1. The van der Waals surface area contributed by atoms with E-state index in [4.69, 9.17) is 14.2 Å². The molecule has 3 aromatic rings. The lowest BCUT2D eigenvalue weighted by atomic mass is 9.95. The zero-order valence-corrected chi connectivity index (χ0v) is 21.6. The Morgan fingerprint density at radius 2 is 1.82 bits per heavy atom. The molecular formula is C26H28BrNO5S. The number of likely N-dealkylation sites (tertiary alicyclic amines) is 1. The van der Waals surface area contributed by atoms with E-state index in [2.05, 4.69) is 20.8 Å². The zero-order valence-electron chi connectivity index (χ0n) is 19.2. The van der Waals surface area contributed by atoms with Crippen LogP contribution < -0.4 is 14.2 Å². The van der Waals surface area contributed by atoms with E-state index >= 15 is 0 Å². The maximum atomic E-state index is 12.1. The van der Waals surface area contributed by atoms with Gasteiger partial charge in [-0.2, -0.15) is 0 Å². The monoisotopic (exact) mass is 545 g/mol. The maximum Gasteiger partial charge on any atom is 0.320 e. The molecule has 0 radical (unpaired) electrons. The van der Waals surface area contributed by atoms with Crippen LogP contribution >= 0.6 is 27.3 Å². The third-order valence-electron chi connectivity index (χ3n) is 6.05. The average Bonchev–Trinajstić information content (AvgIpc) is 3.29. The molecule has 2 atom stereocenters. The van der Waals surface area contributed by atoms with Gasteiger partial charge in [-0.3, -0.25) is 9.69 Å². The minimum atomic E-state index is -0.790. The number of benzene rings is 2. The summed E-state index contributed by atoms with van der Waals surface area (Å²) in [5.41, 5.74) is 1.94. The predicted octanol–water partition coefficient (Wildman–Crippen LogP) is 6.14. The van der Waals surface area contributed by atoms with Crippen molar-refractivity contribution in [2.75, 3.05) is 20.8 Å². The van der Waals surface area contributed by atoms with Crippen LogP contribution in [0, 0.1) is 0 Å². The van der Waals surface area contributed by atoms with Crippen LogP contribution in [-0.4, -0.2) is 42.8 Å². The third kappa shape index (κ3) is 5.40. The Balaban J connectivity index is 1.76. The molecule has 2 aromatic carbocycles. The molecule has 1 saturated heterocycles. The fourth-order valence-electron chi connectivity index (χ4n) is 4.45. The van der Waals surface area contributed by atoms with Crippen molar-refractivity contribution in [2.24, 2.45) is 0 Å². The Hall–Kier alpha value is -2.55. The zero-order chi connectivity index (χ0) is 24.1. The van der Waals surface area contributed by atoms with Crippen molar-refractivity contribution in [3.05, 3.63) is 74.4 Å². The second kappa shape index (κ2) is 11.3. The number of thiophene rings is 1. The van der Waals surface area contributed by atoms with E-state index < -0.39 is 12.0 Å². The molecule has 2 unspecified atom stereocenters. The first-order valence-electron chi connectivity index (χ1n) is 11.2. The Bertz CT molecular complexity index is 1090. The van der Waals surface area contributed by atoms with Crippen LogP contribution in [0.2, 0.25) is 0 Å². The molecular weight excluding hydrogens is 518 g/mol. The van der Waals surface area contributed by atoms with Gasteiger partial charge in [-0.1, -0.05) is 36.8 Å². The van der Waals surface area contributed by atoms with Gasteiger partial charge in [0, 0.05) is 4.88 Å². The van der Waals surface area contributed by atoms with Gasteiger partial charge in [0.25, 0.3) is 0 Å². The Morgan fingerprint density at radius 3 is 2.41 bits per heavy atom. The van der Waals surface area contributed by atoms with Crippen LogP contribution in [0.4, 0.5) is 0 Å². The minimum absolute atomic E-state index is 0.247. The standard InChI is InChI=1S/C26H28BrNO5S/c1-31-20-14-18(15-21(32-2)25(20)33-16-17-8-4-3-5-9-17)24(22-11-12-23(27)34-22)28-13-7-6-10-19(28)26(29)30/h3-5,8-9,11-12,14-15,19,24H,6-7,10,13,16H2,1-2H3,(H,29,30). The molecule has 34 heavy (non-hydrogen) atoms. The smallest absolute Gasteiger partial charge is 0.320 e. The van der Waals surface area contributed by atoms with Crippen LogP contribution in [0.3, 0.4) is 0 Å². The van der Waals surface area contributed by atoms with Crippen LogP contribution in [-0.2, 0) is 11.4 Å². The third-order valence-corrected chi connectivity index (χ3v) is 7.73. The van der Waals surface area contributed by atoms with Crippen LogP contribution in [0.25, 0.3) is 0 Å².